The predicted octanol–water partition coefficient (Wildman–Crippen LogP) is 4.31. The van der Waals surface area contributed by atoms with Crippen molar-refractivity contribution in [3.8, 4) is 11.4 Å². The van der Waals surface area contributed by atoms with Crippen LogP contribution in [0.2, 0.25) is 0 Å². The van der Waals surface area contributed by atoms with E-state index in [1.165, 1.54) is 6.07 Å². The van der Waals surface area contributed by atoms with Crippen molar-refractivity contribution in [2.75, 3.05) is 5.32 Å². The van der Waals surface area contributed by atoms with Crippen LogP contribution in [-0.2, 0) is 0 Å². The molecule has 0 saturated heterocycles. The molecule has 4 rings (SSSR count). The lowest BCUT2D eigenvalue weighted by molar-refractivity contribution is 0.102. The highest BCUT2D eigenvalue weighted by molar-refractivity contribution is 6.04. The van der Waals surface area contributed by atoms with E-state index in [4.69, 9.17) is 4.52 Å². The van der Waals surface area contributed by atoms with Gasteiger partial charge in [-0.1, -0.05) is 23.4 Å². The Balaban J connectivity index is 1.48. The number of carbonyl (C=O) groups is 1. The lowest BCUT2D eigenvalue weighted by atomic mass is 10.1. The topological polar surface area (TPSA) is 68.0 Å². The molecule has 6 heteroatoms. The third kappa shape index (κ3) is 3.28. The molecule has 0 aliphatic heterocycles. The molecule has 0 spiro atoms. The Hall–Kier alpha value is -3.02. The Bertz CT molecular complexity index is 930. The van der Waals surface area contributed by atoms with Crippen molar-refractivity contribution in [1.29, 1.82) is 0 Å². The summed E-state index contributed by atoms with van der Waals surface area (Å²) in [5.41, 5.74) is 2.21. The van der Waals surface area contributed by atoms with Crippen LogP contribution >= 0.6 is 0 Å². The number of benzene rings is 2. The molecule has 2 aromatic carbocycles. The summed E-state index contributed by atoms with van der Waals surface area (Å²) in [6.07, 6.45) is 2.20. The number of aromatic nitrogens is 2. The minimum Gasteiger partial charge on any atom is -0.339 e. The number of halogens is 1. The van der Waals surface area contributed by atoms with Crippen LogP contribution < -0.4 is 5.32 Å². The normalized spacial score (nSPS) is 13.7. The standard InChI is InChI=1S/C19H16FN3O2/c1-11-2-9-15(10-16(11)20)21-18(24)13-5-3-12(4-6-13)17-22-19(25-23-17)14-7-8-14/h2-6,9-10,14H,7-8H2,1H3,(H,21,24). The van der Waals surface area contributed by atoms with Gasteiger partial charge < -0.3 is 9.84 Å². The van der Waals surface area contributed by atoms with E-state index in [0.29, 0.717) is 34.4 Å². The van der Waals surface area contributed by atoms with Crippen molar-refractivity contribution < 1.29 is 13.7 Å². The number of aryl methyl sites for hydroxylation is 1. The van der Waals surface area contributed by atoms with Crippen LogP contribution in [0.5, 0.6) is 0 Å². The van der Waals surface area contributed by atoms with E-state index >= 15 is 0 Å². The van der Waals surface area contributed by atoms with Gasteiger partial charge in [-0.05, 0) is 49.6 Å². The summed E-state index contributed by atoms with van der Waals surface area (Å²) in [5, 5.41) is 6.66. The average Bonchev–Trinajstić information content (AvgIpc) is 3.35. The minimum absolute atomic E-state index is 0.304. The number of nitrogens with zero attached hydrogens (tertiary/aromatic N) is 2. The third-order valence-corrected chi connectivity index (χ3v) is 4.20. The summed E-state index contributed by atoms with van der Waals surface area (Å²) in [4.78, 5) is 16.7. The molecule has 5 nitrogen and oxygen atoms in total. The number of hydrogen-bond acceptors (Lipinski definition) is 4. The first-order valence-electron chi connectivity index (χ1n) is 8.12. The summed E-state index contributed by atoms with van der Waals surface area (Å²) in [6, 6.07) is 11.5. The maximum Gasteiger partial charge on any atom is 0.255 e. The van der Waals surface area contributed by atoms with Gasteiger partial charge >= 0.3 is 0 Å². The zero-order valence-electron chi connectivity index (χ0n) is 13.6. The van der Waals surface area contributed by atoms with Crippen molar-refractivity contribution in [3.63, 3.8) is 0 Å². The highest BCUT2D eigenvalue weighted by atomic mass is 19.1. The zero-order valence-corrected chi connectivity index (χ0v) is 13.6. The Morgan fingerprint density at radius 3 is 2.64 bits per heavy atom. The maximum atomic E-state index is 13.6. The minimum atomic E-state index is -0.350. The number of rotatable bonds is 4. The molecular formula is C19H16FN3O2. The van der Waals surface area contributed by atoms with Crippen LogP contribution in [-0.4, -0.2) is 16.0 Å². The SMILES string of the molecule is Cc1ccc(NC(=O)c2ccc(-c3noc(C4CC4)n3)cc2)cc1F. The molecule has 1 aliphatic rings. The van der Waals surface area contributed by atoms with Gasteiger partial charge in [-0.2, -0.15) is 4.98 Å². The molecule has 1 fully saturated rings. The van der Waals surface area contributed by atoms with Crippen LogP contribution in [0.1, 0.15) is 40.6 Å². The van der Waals surface area contributed by atoms with E-state index in [-0.39, 0.29) is 11.7 Å². The van der Waals surface area contributed by atoms with Gasteiger partial charge in [-0.3, -0.25) is 4.79 Å². The number of carbonyl (C=O) groups excluding carboxylic acids is 1. The summed E-state index contributed by atoms with van der Waals surface area (Å²) < 4.78 is 18.8. The van der Waals surface area contributed by atoms with E-state index in [9.17, 15) is 9.18 Å². The van der Waals surface area contributed by atoms with Crippen LogP contribution in [0.3, 0.4) is 0 Å². The van der Waals surface area contributed by atoms with Crippen LogP contribution in [0.15, 0.2) is 47.0 Å². The van der Waals surface area contributed by atoms with E-state index < -0.39 is 0 Å². The Kier molecular flexibility index (Phi) is 3.80. The van der Waals surface area contributed by atoms with Gasteiger partial charge in [0.05, 0.1) is 0 Å². The van der Waals surface area contributed by atoms with Crippen molar-refractivity contribution in [1.82, 2.24) is 10.1 Å². The van der Waals surface area contributed by atoms with E-state index in [1.54, 1.807) is 43.3 Å². The number of nitrogens with one attached hydrogen (secondary N) is 1. The summed E-state index contributed by atoms with van der Waals surface area (Å²) in [6.45, 7) is 1.67. The van der Waals surface area contributed by atoms with Crippen molar-refractivity contribution in [2.24, 2.45) is 0 Å². The first-order chi connectivity index (χ1) is 12.1. The molecule has 1 heterocycles. The second-order valence-electron chi connectivity index (χ2n) is 6.23. The number of hydrogen-bond donors (Lipinski definition) is 1. The first kappa shape index (κ1) is 15.5. The van der Waals surface area contributed by atoms with Crippen molar-refractivity contribution in [3.05, 3.63) is 65.3 Å². The second-order valence-corrected chi connectivity index (χ2v) is 6.23. The Labute approximate surface area is 143 Å². The van der Waals surface area contributed by atoms with Crippen LogP contribution in [0, 0.1) is 12.7 Å². The summed E-state index contributed by atoms with van der Waals surface area (Å²) in [5.74, 6) is 0.951. The van der Waals surface area contributed by atoms with Gasteiger partial charge in [0.2, 0.25) is 11.7 Å². The highest BCUT2D eigenvalue weighted by Gasteiger charge is 2.29. The monoisotopic (exact) mass is 337 g/mol. The number of amides is 1. The van der Waals surface area contributed by atoms with Crippen molar-refractivity contribution >= 4 is 11.6 Å². The molecule has 0 atom stereocenters. The molecule has 3 aromatic rings. The molecule has 1 aliphatic carbocycles. The van der Waals surface area contributed by atoms with E-state index in [2.05, 4.69) is 15.5 Å². The molecule has 0 bridgehead atoms. The maximum absolute atomic E-state index is 13.6. The molecule has 1 N–H and O–H groups in total. The fourth-order valence-electron chi connectivity index (χ4n) is 2.49. The molecule has 1 saturated carbocycles. The van der Waals surface area contributed by atoms with Gasteiger partial charge in [0.1, 0.15) is 5.82 Å². The van der Waals surface area contributed by atoms with Gasteiger partial charge in [0, 0.05) is 22.7 Å². The van der Waals surface area contributed by atoms with Gasteiger partial charge in [0.15, 0.2) is 0 Å². The van der Waals surface area contributed by atoms with Gasteiger partial charge in [-0.25, -0.2) is 4.39 Å². The first-order valence-corrected chi connectivity index (χ1v) is 8.12. The second kappa shape index (κ2) is 6.12. The van der Waals surface area contributed by atoms with Crippen LogP contribution in [0.25, 0.3) is 11.4 Å². The molecule has 1 aromatic heterocycles. The lowest BCUT2D eigenvalue weighted by Gasteiger charge is -2.06. The third-order valence-electron chi connectivity index (χ3n) is 4.20. The Morgan fingerprint density at radius 2 is 1.96 bits per heavy atom. The molecule has 25 heavy (non-hydrogen) atoms. The molecule has 1 amide bonds. The lowest BCUT2D eigenvalue weighted by Crippen LogP contribution is -2.12. The molecular weight excluding hydrogens is 321 g/mol. The average molecular weight is 337 g/mol. The van der Waals surface area contributed by atoms with Crippen LogP contribution in [0.4, 0.5) is 10.1 Å². The van der Waals surface area contributed by atoms with Crippen molar-refractivity contribution in [2.45, 2.75) is 25.7 Å². The fourth-order valence-corrected chi connectivity index (χ4v) is 2.49. The zero-order chi connectivity index (χ0) is 17.4. The smallest absolute Gasteiger partial charge is 0.255 e. The van der Waals surface area contributed by atoms with Gasteiger partial charge in [0.25, 0.3) is 5.91 Å². The number of anilines is 1. The molecule has 0 unspecified atom stereocenters. The fraction of sp³-hybridized carbons (Fsp3) is 0.211. The molecule has 0 radical (unpaired) electrons. The van der Waals surface area contributed by atoms with E-state index in [1.807, 2.05) is 0 Å². The van der Waals surface area contributed by atoms with Gasteiger partial charge in [-0.15, -0.1) is 0 Å². The summed E-state index contributed by atoms with van der Waals surface area (Å²) >= 11 is 0. The predicted molar refractivity (Wildman–Crippen MR) is 90.8 cm³/mol. The highest BCUT2D eigenvalue weighted by Crippen LogP contribution is 2.39. The van der Waals surface area contributed by atoms with E-state index in [0.717, 1.165) is 18.4 Å². The summed E-state index contributed by atoms with van der Waals surface area (Å²) in [7, 11) is 0. The molecule has 126 valence electrons. The Morgan fingerprint density at radius 1 is 1.20 bits per heavy atom. The quantitative estimate of drug-likeness (QED) is 0.770. The largest absolute Gasteiger partial charge is 0.339 e.